The van der Waals surface area contributed by atoms with E-state index in [1.165, 1.54) is 57.8 Å². The van der Waals surface area contributed by atoms with Crippen molar-refractivity contribution in [2.75, 3.05) is 19.4 Å². The molecule has 0 atom stereocenters. The third kappa shape index (κ3) is 14.2. The summed E-state index contributed by atoms with van der Waals surface area (Å²) in [7, 11) is 0. The number of unbranched alkanes of at least 4 members (excludes halogenated alkanes) is 9. The summed E-state index contributed by atoms with van der Waals surface area (Å²) in [5.74, 6) is 0. The van der Waals surface area contributed by atoms with Crippen LogP contribution in [-0.4, -0.2) is 19.4 Å². The van der Waals surface area contributed by atoms with Crippen molar-refractivity contribution in [3.05, 3.63) is 0 Å². The Morgan fingerprint density at radius 2 is 1.00 bits per heavy atom. The van der Waals surface area contributed by atoms with Crippen molar-refractivity contribution < 1.29 is 9.05 Å². The van der Waals surface area contributed by atoms with Crippen LogP contribution in [0.1, 0.15) is 97.8 Å². The van der Waals surface area contributed by atoms with Gasteiger partial charge in [-0.1, -0.05) is 78.6 Å². The van der Waals surface area contributed by atoms with Gasteiger partial charge in [0.05, 0.1) is 13.2 Å². The van der Waals surface area contributed by atoms with Gasteiger partial charge in [0.25, 0.3) is 0 Å². The summed E-state index contributed by atoms with van der Waals surface area (Å²) in [4.78, 5) is 0. The average Bonchev–Trinajstić information content (AvgIpc) is 2.51. The largest absolute Gasteiger partial charge is 0.329 e. The van der Waals surface area contributed by atoms with Crippen LogP contribution in [0.25, 0.3) is 0 Å². The monoisotopic (exact) mass is 350 g/mol. The zero-order valence-corrected chi connectivity index (χ0v) is 17.0. The van der Waals surface area contributed by atoms with Gasteiger partial charge in [-0.3, -0.25) is 0 Å². The van der Waals surface area contributed by atoms with Crippen LogP contribution in [0.5, 0.6) is 0 Å². The summed E-state index contributed by atoms with van der Waals surface area (Å²) in [5.41, 5.74) is 0. The fourth-order valence-corrected chi connectivity index (χ4v) is 4.96. The first-order chi connectivity index (χ1) is 10.7. The maximum atomic E-state index is 6.07. The maximum Gasteiger partial charge on any atom is 0.188 e. The molecule has 0 amide bonds. The highest BCUT2D eigenvalue weighted by Gasteiger charge is 2.18. The highest BCUT2D eigenvalue weighted by atomic mass is 32.5. The molecule has 0 aromatic heterocycles. The number of rotatable bonds is 17. The van der Waals surface area contributed by atoms with Crippen LogP contribution in [0, 0.1) is 0 Å². The summed E-state index contributed by atoms with van der Waals surface area (Å²) in [6.07, 6.45) is 15.8. The molecule has 22 heavy (non-hydrogen) atoms. The lowest BCUT2D eigenvalue weighted by atomic mass is 10.2. The lowest BCUT2D eigenvalue weighted by Crippen LogP contribution is -2.03. The van der Waals surface area contributed by atoms with E-state index in [0.717, 1.165) is 38.6 Å². The van der Waals surface area contributed by atoms with Crippen molar-refractivity contribution in [2.24, 2.45) is 0 Å². The standard InChI is InChI=1S/C18H39O2PS/c1-4-7-10-13-16-19-21(22,18-15-12-9-6-3)20-17-14-11-8-5-2/h4-18H2,1-3H3. The van der Waals surface area contributed by atoms with E-state index in [2.05, 4.69) is 20.8 Å². The summed E-state index contributed by atoms with van der Waals surface area (Å²) < 4.78 is 12.1. The van der Waals surface area contributed by atoms with E-state index in [9.17, 15) is 0 Å². The molecule has 0 unspecified atom stereocenters. The van der Waals surface area contributed by atoms with Gasteiger partial charge in [-0.2, -0.15) is 0 Å². The number of hydrogen-bond acceptors (Lipinski definition) is 3. The maximum absolute atomic E-state index is 6.07. The molecule has 0 aliphatic rings. The molecule has 0 saturated heterocycles. The molecule has 0 spiro atoms. The Hall–Kier alpha value is 0.570. The first-order valence-electron chi connectivity index (χ1n) is 9.56. The molecule has 0 fully saturated rings. The van der Waals surface area contributed by atoms with Crippen LogP contribution in [0.3, 0.4) is 0 Å². The van der Waals surface area contributed by atoms with Crippen molar-refractivity contribution in [2.45, 2.75) is 97.8 Å². The molecular weight excluding hydrogens is 311 g/mol. The second-order valence-corrected chi connectivity index (χ2v) is 10.0. The smallest absolute Gasteiger partial charge is 0.188 e. The molecule has 134 valence electrons. The van der Waals surface area contributed by atoms with E-state index in [0.29, 0.717) is 0 Å². The second-order valence-electron chi connectivity index (χ2n) is 6.18. The zero-order chi connectivity index (χ0) is 16.5. The minimum absolute atomic E-state index is 0.792. The Bertz CT molecular complexity index is 254. The molecule has 0 rings (SSSR count). The lowest BCUT2D eigenvalue weighted by Gasteiger charge is -2.22. The molecule has 0 aliphatic carbocycles. The van der Waals surface area contributed by atoms with Gasteiger partial charge < -0.3 is 9.05 Å². The second kappa shape index (κ2) is 16.4. The van der Waals surface area contributed by atoms with Crippen LogP contribution in [0.4, 0.5) is 0 Å². The molecule has 0 bridgehead atoms. The van der Waals surface area contributed by atoms with Gasteiger partial charge in [0, 0.05) is 6.16 Å². The van der Waals surface area contributed by atoms with Gasteiger partial charge in [-0.25, -0.2) is 0 Å². The predicted molar refractivity (Wildman–Crippen MR) is 103 cm³/mol. The molecule has 0 N–H and O–H groups in total. The molecule has 0 aromatic rings. The summed E-state index contributed by atoms with van der Waals surface area (Å²) in [5, 5.41) is 0. The van der Waals surface area contributed by atoms with E-state index in [4.69, 9.17) is 20.9 Å². The van der Waals surface area contributed by atoms with Crippen molar-refractivity contribution >= 4 is 18.3 Å². The SMILES string of the molecule is CCCCCCOP(=S)(CCCCCC)OCCCCCC. The van der Waals surface area contributed by atoms with Crippen molar-refractivity contribution in [1.82, 2.24) is 0 Å². The van der Waals surface area contributed by atoms with E-state index in [-0.39, 0.29) is 0 Å². The van der Waals surface area contributed by atoms with Crippen molar-refractivity contribution in [1.29, 1.82) is 0 Å². The van der Waals surface area contributed by atoms with Crippen LogP contribution in [0.15, 0.2) is 0 Å². The van der Waals surface area contributed by atoms with Crippen LogP contribution >= 0.6 is 6.49 Å². The minimum Gasteiger partial charge on any atom is -0.329 e. The first-order valence-corrected chi connectivity index (χ1v) is 12.4. The molecule has 0 heterocycles. The van der Waals surface area contributed by atoms with Crippen LogP contribution in [0.2, 0.25) is 0 Å². The molecule has 4 heteroatoms. The van der Waals surface area contributed by atoms with Gasteiger partial charge in [-0.15, -0.1) is 0 Å². The summed E-state index contributed by atoms with van der Waals surface area (Å²) in [6.45, 7) is 6.27. The fourth-order valence-electron chi connectivity index (χ4n) is 2.36. The average molecular weight is 351 g/mol. The van der Waals surface area contributed by atoms with E-state index >= 15 is 0 Å². The highest BCUT2D eigenvalue weighted by molar-refractivity contribution is 8.09. The first kappa shape index (κ1) is 22.6. The third-order valence-electron chi connectivity index (χ3n) is 3.86. The Morgan fingerprint density at radius 1 is 0.591 bits per heavy atom. The summed E-state index contributed by atoms with van der Waals surface area (Å²) in [6, 6.07) is 0. The summed E-state index contributed by atoms with van der Waals surface area (Å²) >= 11 is 5.77. The quantitative estimate of drug-likeness (QED) is 0.206. The minimum atomic E-state index is -2.02. The number of hydrogen-bond donors (Lipinski definition) is 0. The molecule has 0 saturated carbocycles. The Balaban J connectivity index is 4.02. The highest BCUT2D eigenvalue weighted by Crippen LogP contribution is 2.49. The molecule has 2 nitrogen and oxygen atoms in total. The van der Waals surface area contributed by atoms with Crippen LogP contribution < -0.4 is 0 Å². The predicted octanol–water partition coefficient (Wildman–Crippen LogP) is 7.07. The van der Waals surface area contributed by atoms with Gasteiger partial charge in [-0.05, 0) is 31.1 Å². The van der Waals surface area contributed by atoms with Gasteiger partial charge in [0.15, 0.2) is 6.49 Å². The Kier molecular flexibility index (Phi) is 16.9. The van der Waals surface area contributed by atoms with Gasteiger partial charge in [0.1, 0.15) is 0 Å². The van der Waals surface area contributed by atoms with E-state index in [1.807, 2.05) is 0 Å². The third-order valence-corrected chi connectivity index (χ3v) is 7.05. The Labute approximate surface area is 144 Å². The fraction of sp³-hybridized carbons (Fsp3) is 1.00. The molecular formula is C18H39O2PS. The van der Waals surface area contributed by atoms with Crippen molar-refractivity contribution in [3.8, 4) is 0 Å². The molecule has 0 aliphatic heterocycles. The van der Waals surface area contributed by atoms with Gasteiger partial charge in [0.2, 0.25) is 0 Å². The Morgan fingerprint density at radius 3 is 1.41 bits per heavy atom. The topological polar surface area (TPSA) is 18.5 Å². The molecule has 0 radical (unpaired) electrons. The van der Waals surface area contributed by atoms with Crippen molar-refractivity contribution in [3.63, 3.8) is 0 Å². The zero-order valence-electron chi connectivity index (χ0n) is 15.3. The normalized spacial score (nSPS) is 12.0. The van der Waals surface area contributed by atoms with Gasteiger partial charge >= 0.3 is 0 Å². The lowest BCUT2D eigenvalue weighted by molar-refractivity contribution is 0.237. The van der Waals surface area contributed by atoms with E-state index in [1.54, 1.807) is 0 Å². The molecule has 0 aromatic carbocycles. The van der Waals surface area contributed by atoms with E-state index < -0.39 is 6.49 Å². The van der Waals surface area contributed by atoms with Crippen LogP contribution in [-0.2, 0) is 20.9 Å².